The third kappa shape index (κ3) is 3.35. The molecule has 18 heavy (non-hydrogen) atoms. The zero-order valence-electron chi connectivity index (χ0n) is 10.6. The Bertz CT molecular complexity index is 390. The summed E-state index contributed by atoms with van der Waals surface area (Å²) < 4.78 is 0. The molecule has 0 aliphatic carbocycles. The summed E-state index contributed by atoms with van der Waals surface area (Å²) in [5, 5.41) is 3.14. The lowest BCUT2D eigenvalue weighted by Gasteiger charge is -2.25. The largest absolute Gasteiger partial charge is 0.369 e. The van der Waals surface area contributed by atoms with E-state index >= 15 is 0 Å². The Kier molecular flexibility index (Phi) is 4.81. The van der Waals surface area contributed by atoms with E-state index in [9.17, 15) is 4.79 Å². The summed E-state index contributed by atoms with van der Waals surface area (Å²) in [5.74, 6) is 2.73. The van der Waals surface area contributed by atoms with E-state index in [-0.39, 0.29) is 5.91 Å². The maximum absolute atomic E-state index is 12.1. The zero-order valence-corrected chi connectivity index (χ0v) is 11.4. The molecular weight excluding hydrogens is 248 g/mol. The van der Waals surface area contributed by atoms with Crippen LogP contribution >= 0.6 is 11.8 Å². The molecule has 0 spiro atoms. The predicted octanol–water partition coefficient (Wildman–Crippen LogP) is 1.49. The highest BCUT2D eigenvalue weighted by Crippen LogP contribution is 2.12. The molecule has 0 unspecified atom stereocenters. The molecule has 0 atom stereocenters. The Labute approximate surface area is 111 Å². The van der Waals surface area contributed by atoms with Crippen molar-refractivity contribution < 1.29 is 4.79 Å². The molecule has 1 aliphatic rings. The van der Waals surface area contributed by atoms with Crippen molar-refractivity contribution in [3.63, 3.8) is 0 Å². The van der Waals surface area contributed by atoms with Gasteiger partial charge in [-0.15, -0.1) is 0 Å². The van der Waals surface area contributed by atoms with Crippen molar-refractivity contribution in [2.75, 3.05) is 36.5 Å². The standard InChI is InChI=1S/C12H18N4OS/c1-2-3-13-11-9-14-10(8-15-11)12(17)16-4-6-18-7-5-16/h8-9H,2-7H2,1H3,(H,13,15). The molecule has 1 N–H and O–H groups in total. The molecule has 98 valence electrons. The van der Waals surface area contributed by atoms with E-state index in [1.54, 1.807) is 12.4 Å². The third-order valence-electron chi connectivity index (χ3n) is 2.73. The average molecular weight is 266 g/mol. The molecule has 1 fully saturated rings. The molecule has 0 radical (unpaired) electrons. The Hall–Kier alpha value is -1.30. The summed E-state index contributed by atoms with van der Waals surface area (Å²) in [5.41, 5.74) is 0.434. The van der Waals surface area contributed by atoms with Crippen LogP contribution in [0.1, 0.15) is 23.8 Å². The zero-order chi connectivity index (χ0) is 12.8. The molecule has 0 bridgehead atoms. The van der Waals surface area contributed by atoms with Gasteiger partial charge in [0.1, 0.15) is 11.5 Å². The smallest absolute Gasteiger partial charge is 0.274 e. The number of nitrogens with zero attached hydrogens (tertiary/aromatic N) is 3. The van der Waals surface area contributed by atoms with Crippen LogP contribution in [-0.4, -0.2) is 51.9 Å². The Balaban J connectivity index is 1.97. The van der Waals surface area contributed by atoms with Crippen molar-refractivity contribution in [1.82, 2.24) is 14.9 Å². The van der Waals surface area contributed by atoms with Crippen molar-refractivity contribution in [3.05, 3.63) is 18.1 Å². The molecule has 1 aliphatic heterocycles. The molecule has 2 rings (SSSR count). The monoisotopic (exact) mass is 266 g/mol. The molecule has 1 saturated heterocycles. The molecular formula is C12H18N4OS. The van der Waals surface area contributed by atoms with Gasteiger partial charge in [-0.25, -0.2) is 9.97 Å². The highest BCUT2D eigenvalue weighted by atomic mass is 32.2. The molecule has 6 heteroatoms. The van der Waals surface area contributed by atoms with E-state index < -0.39 is 0 Å². The van der Waals surface area contributed by atoms with Crippen LogP contribution in [0.25, 0.3) is 0 Å². The van der Waals surface area contributed by atoms with Crippen molar-refractivity contribution >= 4 is 23.5 Å². The van der Waals surface area contributed by atoms with Gasteiger partial charge in [0.05, 0.1) is 12.4 Å². The SMILES string of the molecule is CCCNc1cnc(C(=O)N2CCSCC2)cn1. The van der Waals surface area contributed by atoms with E-state index in [4.69, 9.17) is 0 Å². The second-order valence-electron chi connectivity index (χ2n) is 4.12. The third-order valence-corrected chi connectivity index (χ3v) is 3.67. The fourth-order valence-electron chi connectivity index (χ4n) is 1.71. The van der Waals surface area contributed by atoms with Crippen LogP contribution in [0.2, 0.25) is 0 Å². The number of carbonyl (C=O) groups is 1. The average Bonchev–Trinajstić information content (AvgIpc) is 2.46. The number of hydrogen-bond acceptors (Lipinski definition) is 5. The minimum Gasteiger partial charge on any atom is -0.369 e. The summed E-state index contributed by atoms with van der Waals surface area (Å²) in [7, 11) is 0. The highest BCUT2D eigenvalue weighted by molar-refractivity contribution is 7.99. The molecule has 2 heterocycles. The van der Waals surface area contributed by atoms with Gasteiger partial charge in [-0.05, 0) is 6.42 Å². The number of aromatic nitrogens is 2. The first-order chi connectivity index (χ1) is 8.81. The number of thioether (sulfide) groups is 1. The topological polar surface area (TPSA) is 58.1 Å². The number of rotatable bonds is 4. The Morgan fingerprint density at radius 1 is 1.39 bits per heavy atom. The Morgan fingerprint density at radius 3 is 2.78 bits per heavy atom. The van der Waals surface area contributed by atoms with Gasteiger partial charge in [-0.1, -0.05) is 6.92 Å². The van der Waals surface area contributed by atoms with Crippen molar-refractivity contribution in [3.8, 4) is 0 Å². The molecule has 1 amide bonds. The highest BCUT2D eigenvalue weighted by Gasteiger charge is 2.19. The fourth-order valence-corrected chi connectivity index (χ4v) is 2.61. The van der Waals surface area contributed by atoms with E-state index in [0.29, 0.717) is 5.69 Å². The second kappa shape index (κ2) is 6.58. The number of carbonyl (C=O) groups excluding carboxylic acids is 1. The molecule has 1 aromatic rings. The minimum atomic E-state index is -0.00941. The van der Waals surface area contributed by atoms with Crippen LogP contribution < -0.4 is 5.32 Å². The van der Waals surface area contributed by atoms with Gasteiger partial charge < -0.3 is 10.2 Å². The van der Waals surface area contributed by atoms with Gasteiger partial charge in [0.2, 0.25) is 0 Å². The van der Waals surface area contributed by atoms with Gasteiger partial charge in [0.15, 0.2) is 0 Å². The van der Waals surface area contributed by atoms with Gasteiger partial charge in [0, 0.05) is 31.1 Å². The van der Waals surface area contributed by atoms with Crippen LogP contribution in [0.5, 0.6) is 0 Å². The summed E-state index contributed by atoms with van der Waals surface area (Å²) in [6.45, 7) is 4.57. The summed E-state index contributed by atoms with van der Waals surface area (Å²) in [6, 6.07) is 0. The Morgan fingerprint density at radius 2 is 2.17 bits per heavy atom. The van der Waals surface area contributed by atoms with Crippen molar-refractivity contribution in [2.24, 2.45) is 0 Å². The van der Waals surface area contributed by atoms with E-state index in [1.165, 1.54) is 0 Å². The van der Waals surface area contributed by atoms with Crippen LogP contribution in [0, 0.1) is 0 Å². The number of hydrogen-bond donors (Lipinski definition) is 1. The molecule has 1 aromatic heterocycles. The number of anilines is 1. The lowest BCUT2D eigenvalue weighted by Crippen LogP contribution is -2.38. The summed E-state index contributed by atoms with van der Waals surface area (Å²) in [6.07, 6.45) is 4.22. The second-order valence-corrected chi connectivity index (χ2v) is 5.34. The minimum absolute atomic E-state index is 0.00941. The molecule has 5 nitrogen and oxygen atoms in total. The van der Waals surface area contributed by atoms with Gasteiger partial charge in [-0.2, -0.15) is 11.8 Å². The van der Waals surface area contributed by atoms with Crippen LogP contribution in [0.15, 0.2) is 12.4 Å². The van der Waals surface area contributed by atoms with Crippen molar-refractivity contribution in [1.29, 1.82) is 0 Å². The predicted molar refractivity (Wildman–Crippen MR) is 74.0 cm³/mol. The van der Waals surface area contributed by atoms with Crippen LogP contribution in [0.4, 0.5) is 5.82 Å². The molecule has 0 saturated carbocycles. The van der Waals surface area contributed by atoms with Crippen molar-refractivity contribution in [2.45, 2.75) is 13.3 Å². The molecule has 0 aromatic carbocycles. The normalized spacial score (nSPS) is 15.5. The number of nitrogens with one attached hydrogen (secondary N) is 1. The number of amides is 1. The maximum atomic E-state index is 12.1. The summed E-state index contributed by atoms with van der Waals surface area (Å²) in [4.78, 5) is 22.4. The first-order valence-corrected chi connectivity index (χ1v) is 7.39. The van der Waals surface area contributed by atoms with Gasteiger partial charge in [0.25, 0.3) is 5.91 Å². The fraction of sp³-hybridized carbons (Fsp3) is 0.583. The van der Waals surface area contributed by atoms with Crippen LogP contribution in [-0.2, 0) is 0 Å². The summed E-state index contributed by atoms with van der Waals surface area (Å²) >= 11 is 1.88. The van der Waals surface area contributed by atoms with Gasteiger partial charge >= 0.3 is 0 Å². The van der Waals surface area contributed by atoms with E-state index in [0.717, 1.165) is 43.4 Å². The van der Waals surface area contributed by atoms with Crippen LogP contribution in [0.3, 0.4) is 0 Å². The first kappa shape index (κ1) is 13.1. The first-order valence-electron chi connectivity index (χ1n) is 6.24. The van der Waals surface area contributed by atoms with Gasteiger partial charge in [-0.3, -0.25) is 4.79 Å². The quantitative estimate of drug-likeness (QED) is 0.894. The van der Waals surface area contributed by atoms with E-state index in [1.807, 2.05) is 16.7 Å². The lowest BCUT2D eigenvalue weighted by atomic mass is 10.3. The maximum Gasteiger partial charge on any atom is 0.274 e. The van der Waals surface area contributed by atoms with E-state index in [2.05, 4.69) is 22.2 Å². The lowest BCUT2D eigenvalue weighted by molar-refractivity contribution is 0.0766.